The molecule has 49 heavy (non-hydrogen) atoms. The topological polar surface area (TPSA) is 171 Å². The number of urea groups is 1. The minimum atomic E-state index is -3.34. The van der Waals surface area contributed by atoms with Gasteiger partial charge in [-0.25, -0.2) is 13.2 Å². The van der Waals surface area contributed by atoms with Gasteiger partial charge in [-0.1, -0.05) is 84.1 Å². The van der Waals surface area contributed by atoms with Gasteiger partial charge in [0.1, 0.15) is 12.1 Å². The number of carbonyl (C=O) groups is 5. The third-order valence-electron chi connectivity index (χ3n) is 12.2. The molecule has 3 heterocycles. The van der Waals surface area contributed by atoms with Crippen LogP contribution < -0.4 is 21.3 Å². The highest BCUT2D eigenvalue weighted by atomic mass is 32.2. The normalized spacial score (nSPS) is 32.9. The fraction of sp³-hybridized carbons (Fsp3) is 0.806. The van der Waals surface area contributed by atoms with Crippen LogP contribution in [0.1, 0.15) is 117 Å². The van der Waals surface area contributed by atoms with Crippen molar-refractivity contribution in [2.75, 3.05) is 18.8 Å². The van der Waals surface area contributed by atoms with Crippen molar-refractivity contribution in [3.05, 3.63) is 12.7 Å². The highest BCUT2D eigenvalue weighted by molar-refractivity contribution is 7.92. The number of hydrogen-bond donors (Lipinski definition) is 4. The molecule has 0 radical (unpaired) electrons. The molecule has 4 N–H and O–H groups in total. The van der Waals surface area contributed by atoms with Gasteiger partial charge >= 0.3 is 6.03 Å². The molecule has 3 saturated heterocycles. The average Bonchev–Trinajstić information content (AvgIpc) is 3.37. The van der Waals surface area contributed by atoms with Crippen LogP contribution in [0.15, 0.2) is 12.7 Å². The lowest BCUT2D eigenvalue weighted by Gasteiger charge is -2.42. The standard InChI is InChI=1S/C36H57N5O7S/c1-4-21-37-32(44)30(42)25-16-11-8-6-5-7-9-12-17-26(33(45)41-23-24-28(35(24,2)3)29(41)31(43)38-25)39-34(46)40-36(19-13-10-14-20-36)27-18-15-22-49(27,47)48/h4,24-29H,1,5-23H2,2-3H3,(H,37,44)(H,38,43)(H2,39,40,46)/t24-,25+,26+,27-,28-,29-/m0/s1. The summed E-state index contributed by atoms with van der Waals surface area (Å²) in [5.74, 6) is -2.18. The lowest BCUT2D eigenvalue weighted by atomic mass is 9.78. The summed E-state index contributed by atoms with van der Waals surface area (Å²) in [6.45, 7) is 8.22. The van der Waals surface area contributed by atoms with Crippen LogP contribution in [0, 0.1) is 17.3 Å². The number of rotatable bonds is 7. The van der Waals surface area contributed by atoms with Crippen LogP contribution in [0.2, 0.25) is 0 Å². The first-order chi connectivity index (χ1) is 23.3. The Morgan fingerprint density at radius 3 is 2.18 bits per heavy atom. The summed E-state index contributed by atoms with van der Waals surface area (Å²) in [4.78, 5) is 69.8. The predicted molar refractivity (Wildman–Crippen MR) is 186 cm³/mol. The Balaban J connectivity index is 1.37. The van der Waals surface area contributed by atoms with Gasteiger partial charge in [0.2, 0.25) is 17.6 Å². The third kappa shape index (κ3) is 8.17. The van der Waals surface area contributed by atoms with Crippen LogP contribution >= 0.6 is 0 Å². The Bertz CT molecular complexity index is 1390. The Hall–Kier alpha value is -2.96. The van der Waals surface area contributed by atoms with Crippen molar-refractivity contribution in [3.8, 4) is 0 Å². The van der Waals surface area contributed by atoms with Gasteiger partial charge in [-0.3, -0.25) is 19.2 Å². The lowest BCUT2D eigenvalue weighted by Crippen LogP contribution is -2.63. The minimum Gasteiger partial charge on any atom is -0.346 e. The molecule has 5 rings (SSSR count). The van der Waals surface area contributed by atoms with Crippen molar-refractivity contribution in [3.63, 3.8) is 0 Å². The molecule has 3 aliphatic heterocycles. The zero-order valence-corrected chi connectivity index (χ0v) is 30.2. The molecule has 12 nitrogen and oxygen atoms in total. The first-order valence-electron chi connectivity index (χ1n) is 18.7. The second-order valence-electron chi connectivity index (χ2n) is 15.7. The van der Waals surface area contributed by atoms with Gasteiger partial charge in [-0.05, 0) is 55.8 Å². The van der Waals surface area contributed by atoms with Crippen molar-refractivity contribution < 1.29 is 32.4 Å². The molecular weight excluding hydrogens is 646 g/mol. The summed E-state index contributed by atoms with van der Waals surface area (Å²) >= 11 is 0. The Morgan fingerprint density at radius 1 is 0.918 bits per heavy atom. The zero-order chi connectivity index (χ0) is 35.4. The highest BCUT2D eigenvalue weighted by Gasteiger charge is 2.69. The first-order valence-corrected chi connectivity index (χ1v) is 20.4. The highest BCUT2D eigenvalue weighted by Crippen LogP contribution is 2.65. The number of Topliss-reactive ketones (excluding diaryl/α,β-unsaturated/α-hetero) is 1. The van der Waals surface area contributed by atoms with Gasteiger partial charge in [0.15, 0.2) is 9.84 Å². The van der Waals surface area contributed by atoms with Crippen LogP contribution in [0.3, 0.4) is 0 Å². The van der Waals surface area contributed by atoms with E-state index in [2.05, 4.69) is 41.7 Å². The van der Waals surface area contributed by atoms with Crippen molar-refractivity contribution in [1.29, 1.82) is 0 Å². The van der Waals surface area contributed by atoms with Crippen molar-refractivity contribution in [1.82, 2.24) is 26.2 Å². The number of piperidine rings is 1. The summed E-state index contributed by atoms with van der Waals surface area (Å²) in [6, 6.07) is -3.29. The van der Waals surface area contributed by atoms with E-state index in [4.69, 9.17) is 0 Å². The number of amides is 5. The van der Waals surface area contributed by atoms with Gasteiger partial charge in [0, 0.05) is 13.1 Å². The van der Waals surface area contributed by atoms with Crippen LogP contribution in [-0.2, 0) is 29.0 Å². The van der Waals surface area contributed by atoms with Gasteiger partial charge in [-0.15, -0.1) is 6.58 Å². The van der Waals surface area contributed by atoms with E-state index in [0.717, 1.165) is 57.8 Å². The van der Waals surface area contributed by atoms with Crippen molar-refractivity contribution in [2.24, 2.45) is 17.3 Å². The van der Waals surface area contributed by atoms with E-state index in [1.807, 2.05) is 0 Å². The monoisotopic (exact) mass is 703 g/mol. The molecule has 5 fully saturated rings. The lowest BCUT2D eigenvalue weighted by molar-refractivity contribution is -0.144. The Morgan fingerprint density at radius 2 is 1.55 bits per heavy atom. The quantitative estimate of drug-likeness (QED) is 0.233. The number of hydrogen-bond acceptors (Lipinski definition) is 7. The first kappa shape index (κ1) is 37.3. The maximum Gasteiger partial charge on any atom is 0.315 e. The number of fused-ring (bicyclic) bond motifs is 3. The van der Waals surface area contributed by atoms with Gasteiger partial charge in [0.05, 0.1) is 22.6 Å². The van der Waals surface area contributed by atoms with Gasteiger partial charge < -0.3 is 26.2 Å². The number of ketones is 1. The summed E-state index contributed by atoms with van der Waals surface area (Å²) in [5, 5.41) is 10.8. The second-order valence-corrected chi connectivity index (χ2v) is 18.0. The van der Waals surface area contributed by atoms with E-state index < -0.39 is 62.4 Å². The second kappa shape index (κ2) is 15.5. The smallest absolute Gasteiger partial charge is 0.315 e. The minimum absolute atomic E-state index is 0.0897. The molecule has 2 saturated carbocycles. The van der Waals surface area contributed by atoms with Crippen LogP contribution in [0.5, 0.6) is 0 Å². The van der Waals surface area contributed by atoms with E-state index in [-0.39, 0.29) is 35.5 Å². The largest absolute Gasteiger partial charge is 0.346 e. The third-order valence-corrected chi connectivity index (χ3v) is 14.6. The van der Waals surface area contributed by atoms with Gasteiger partial charge in [-0.2, -0.15) is 0 Å². The maximum absolute atomic E-state index is 14.4. The molecule has 6 atom stereocenters. The fourth-order valence-corrected chi connectivity index (χ4v) is 11.7. The Kier molecular flexibility index (Phi) is 11.8. The molecular formula is C36H57N5O7S. The molecule has 5 amide bonds. The summed E-state index contributed by atoms with van der Waals surface area (Å²) in [7, 11) is -3.34. The van der Waals surface area contributed by atoms with E-state index >= 15 is 0 Å². The molecule has 0 aromatic carbocycles. The molecule has 5 aliphatic rings. The van der Waals surface area contributed by atoms with E-state index in [1.165, 1.54) is 6.08 Å². The Labute approximate surface area is 291 Å². The summed E-state index contributed by atoms with van der Waals surface area (Å²) < 4.78 is 26.2. The average molecular weight is 704 g/mol. The van der Waals surface area contributed by atoms with E-state index in [0.29, 0.717) is 51.5 Å². The number of nitrogens with one attached hydrogen (secondary N) is 4. The number of nitrogens with zero attached hydrogens (tertiary/aromatic N) is 1. The number of carbonyl (C=O) groups excluding carboxylic acids is 5. The molecule has 0 bridgehead atoms. The maximum atomic E-state index is 14.4. The van der Waals surface area contributed by atoms with Crippen LogP contribution in [0.4, 0.5) is 4.79 Å². The van der Waals surface area contributed by atoms with Crippen molar-refractivity contribution in [2.45, 2.75) is 145 Å². The van der Waals surface area contributed by atoms with E-state index in [1.54, 1.807) is 4.90 Å². The molecule has 0 aromatic rings. The molecule has 0 aromatic heterocycles. The molecule has 13 heteroatoms. The van der Waals surface area contributed by atoms with Crippen molar-refractivity contribution >= 4 is 39.4 Å². The molecule has 0 unspecified atom stereocenters. The zero-order valence-electron chi connectivity index (χ0n) is 29.4. The van der Waals surface area contributed by atoms with E-state index in [9.17, 15) is 32.4 Å². The van der Waals surface area contributed by atoms with Crippen LogP contribution in [0.25, 0.3) is 0 Å². The summed E-state index contributed by atoms with van der Waals surface area (Å²) in [6.07, 6.45) is 13.2. The van der Waals surface area contributed by atoms with Crippen LogP contribution in [-0.4, -0.2) is 90.6 Å². The SMILES string of the molecule is C=CCNC(=O)C(=O)[C@H]1CCCCCCCCC[C@@H](NC(=O)NC2([C@@H]3CCCS3(=O)=O)CCCCC2)C(=O)N2C[C@H]3[C@@H]([C@H]2C(=O)N1)C3(C)C. The predicted octanol–water partition coefficient (Wildman–Crippen LogP) is 3.30. The molecule has 274 valence electrons. The fourth-order valence-electron chi connectivity index (χ4n) is 9.33. The summed E-state index contributed by atoms with van der Waals surface area (Å²) in [5.41, 5.74) is -1.04. The number of sulfone groups is 1. The van der Waals surface area contributed by atoms with Gasteiger partial charge in [0.25, 0.3) is 5.91 Å². The molecule has 0 spiro atoms. The molecule has 2 aliphatic carbocycles.